The number of benzene rings is 4. The lowest BCUT2D eigenvalue weighted by Gasteiger charge is -2.21. The van der Waals surface area contributed by atoms with Gasteiger partial charge in [-0.1, -0.05) is 121 Å². The molecule has 0 radical (unpaired) electrons. The van der Waals surface area contributed by atoms with Crippen molar-refractivity contribution in [2.75, 3.05) is 0 Å². The van der Waals surface area contributed by atoms with Gasteiger partial charge in [0.25, 0.3) is 0 Å². The van der Waals surface area contributed by atoms with Crippen LogP contribution in [0.25, 0.3) is 0 Å². The van der Waals surface area contributed by atoms with E-state index in [-0.39, 0.29) is 23.9 Å². The van der Waals surface area contributed by atoms with Crippen LogP contribution in [-0.2, 0) is 0 Å². The lowest BCUT2D eigenvalue weighted by atomic mass is 9.98. The van der Waals surface area contributed by atoms with Crippen LogP contribution in [-0.4, -0.2) is 16.7 Å². The molecule has 3 unspecified atom stereocenters. The van der Waals surface area contributed by atoms with Gasteiger partial charge in [0, 0.05) is 5.56 Å². The smallest absolute Gasteiger partial charge is 0.181 e. The molecule has 0 aromatic heterocycles. The third-order valence-corrected chi connectivity index (χ3v) is 5.85. The molecule has 30 heavy (non-hydrogen) atoms. The lowest BCUT2D eigenvalue weighted by Crippen LogP contribution is -2.18. The highest BCUT2D eigenvalue weighted by Crippen LogP contribution is 2.52. The van der Waals surface area contributed by atoms with Crippen LogP contribution < -0.4 is 0 Å². The average Bonchev–Trinajstić information content (AvgIpc) is 3.56. The first-order valence-corrected chi connectivity index (χ1v) is 10.4. The molecule has 0 amide bonds. The monoisotopic (exact) mass is 389 g/mol. The predicted octanol–water partition coefficient (Wildman–Crippen LogP) is 6.08. The van der Waals surface area contributed by atoms with Crippen molar-refractivity contribution >= 4 is 5.78 Å². The molecule has 4 aromatic rings. The van der Waals surface area contributed by atoms with Crippen molar-refractivity contribution < 1.29 is 4.79 Å². The Bertz CT molecular complexity index is 1070. The Morgan fingerprint density at radius 1 is 0.600 bits per heavy atom. The molecule has 146 valence electrons. The molecule has 1 heterocycles. The van der Waals surface area contributed by atoms with Crippen molar-refractivity contribution in [3.63, 3.8) is 0 Å². The minimum atomic E-state index is -0.180. The summed E-state index contributed by atoms with van der Waals surface area (Å²) in [5.41, 5.74) is 4.36. The fourth-order valence-corrected chi connectivity index (χ4v) is 4.43. The summed E-state index contributed by atoms with van der Waals surface area (Å²) in [5.74, 6) is 0.182. The maximum Gasteiger partial charge on any atom is 0.181 e. The van der Waals surface area contributed by atoms with Gasteiger partial charge in [-0.2, -0.15) is 0 Å². The highest BCUT2D eigenvalue weighted by molar-refractivity contribution is 6.02. The minimum Gasteiger partial charge on any atom is -0.292 e. The van der Waals surface area contributed by atoms with E-state index in [4.69, 9.17) is 0 Å². The quantitative estimate of drug-likeness (QED) is 0.294. The van der Waals surface area contributed by atoms with Gasteiger partial charge in [-0.3, -0.25) is 9.69 Å². The van der Waals surface area contributed by atoms with E-state index >= 15 is 0 Å². The van der Waals surface area contributed by atoms with E-state index in [9.17, 15) is 4.79 Å². The Morgan fingerprint density at radius 3 is 1.53 bits per heavy atom. The molecule has 0 N–H and O–H groups in total. The van der Waals surface area contributed by atoms with Crippen LogP contribution in [0, 0.1) is 0 Å². The Balaban J connectivity index is 1.60. The molecule has 5 rings (SSSR count). The summed E-state index contributed by atoms with van der Waals surface area (Å²) < 4.78 is 0. The Kier molecular flexibility index (Phi) is 5.00. The topological polar surface area (TPSA) is 20.1 Å². The van der Waals surface area contributed by atoms with Gasteiger partial charge in [-0.15, -0.1) is 0 Å². The maximum atomic E-state index is 13.5. The minimum absolute atomic E-state index is 0.0234. The van der Waals surface area contributed by atoms with Crippen LogP contribution in [0.5, 0.6) is 0 Å². The van der Waals surface area contributed by atoms with Crippen molar-refractivity contribution in [2.45, 2.75) is 18.1 Å². The predicted molar refractivity (Wildman–Crippen MR) is 120 cm³/mol. The third-order valence-electron chi connectivity index (χ3n) is 5.85. The molecule has 2 nitrogen and oxygen atoms in total. The van der Waals surface area contributed by atoms with Gasteiger partial charge < -0.3 is 0 Å². The number of rotatable bonds is 6. The van der Waals surface area contributed by atoms with E-state index in [0.29, 0.717) is 0 Å². The fourth-order valence-electron chi connectivity index (χ4n) is 4.43. The van der Waals surface area contributed by atoms with Gasteiger partial charge in [0.2, 0.25) is 0 Å². The second-order valence-electron chi connectivity index (χ2n) is 7.70. The number of carbonyl (C=O) groups excluding carboxylic acids is 1. The van der Waals surface area contributed by atoms with E-state index in [2.05, 4.69) is 77.7 Å². The summed E-state index contributed by atoms with van der Waals surface area (Å²) in [6.45, 7) is 0. The van der Waals surface area contributed by atoms with Crippen LogP contribution >= 0.6 is 0 Å². The first kappa shape index (κ1) is 18.5. The van der Waals surface area contributed by atoms with Crippen molar-refractivity contribution in [3.8, 4) is 0 Å². The zero-order valence-electron chi connectivity index (χ0n) is 16.6. The maximum absolute atomic E-state index is 13.5. The second kappa shape index (κ2) is 8.10. The first-order valence-electron chi connectivity index (χ1n) is 10.4. The summed E-state index contributed by atoms with van der Waals surface area (Å²) >= 11 is 0. The highest BCUT2D eigenvalue weighted by Gasteiger charge is 2.56. The number of carbonyl (C=O) groups is 1. The SMILES string of the molecule is O=C(c1ccccc1)C1C(c2ccccc2)N1C(c1ccccc1)c1ccccc1. The van der Waals surface area contributed by atoms with Crippen LogP contribution in [0.15, 0.2) is 121 Å². The molecule has 0 saturated carbocycles. The van der Waals surface area contributed by atoms with Gasteiger partial charge in [0.1, 0.15) is 0 Å². The number of hydrogen-bond donors (Lipinski definition) is 0. The molecule has 1 aliphatic heterocycles. The van der Waals surface area contributed by atoms with Crippen LogP contribution in [0.1, 0.15) is 39.1 Å². The van der Waals surface area contributed by atoms with E-state index in [1.807, 2.05) is 48.5 Å². The summed E-state index contributed by atoms with van der Waals surface area (Å²) in [7, 11) is 0. The molecule has 0 spiro atoms. The Morgan fingerprint density at radius 2 is 1.03 bits per heavy atom. The first-order chi connectivity index (χ1) is 14.8. The summed E-state index contributed by atoms with van der Waals surface area (Å²) in [4.78, 5) is 15.9. The van der Waals surface area contributed by atoms with E-state index < -0.39 is 0 Å². The molecular formula is C28H23NO. The molecule has 4 aromatic carbocycles. The van der Waals surface area contributed by atoms with Gasteiger partial charge in [-0.25, -0.2) is 0 Å². The molecular weight excluding hydrogens is 366 g/mol. The Hall–Kier alpha value is -3.49. The molecule has 0 aliphatic carbocycles. The van der Waals surface area contributed by atoms with Crippen LogP contribution in [0.3, 0.4) is 0 Å². The molecule has 1 fully saturated rings. The zero-order valence-corrected chi connectivity index (χ0v) is 16.6. The van der Waals surface area contributed by atoms with E-state index in [1.54, 1.807) is 0 Å². The Labute approximate surface area is 177 Å². The third kappa shape index (κ3) is 3.47. The number of nitrogens with zero attached hydrogens (tertiary/aromatic N) is 1. The van der Waals surface area contributed by atoms with Gasteiger partial charge >= 0.3 is 0 Å². The van der Waals surface area contributed by atoms with Gasteiger partial charge in [0.05, 0.1) is 18.1 Å². The summed E-state index contributed by atoms with van der Waals surface area (Å²) in [6, 6.07) is 40.9. The van der Waals surface area contributed by atoms with E-state index in [0.717, 1.165) is 5.56 Å². The number of ketones is 1. The highest BCUT2D eigenvalue weighted by atomic mass is 16.1. The molecule has 0 bridgehead atoms. The van der Waals surface area contributed by atoms with Gasteiger partial charge in [0.15, 0.2) is 5.78 Å². The van der Waals surface area contributed by atoms with Crippen molar-refractivity contribution in [3.05, 3.63) is 144 Å². The van der Waals surface area contributed by atoms with Crippen LogP contribution in [0.4, 0.5) is 0 Å². The normalized spacial score (nSPS) is 20.1. The van der Waals surface area contributed by atoms with Crippen LogP contribution in [0.2, 0.25) is 0 Å². The molecule has 3 atom stereocenters. The number of hydrogen-bond acceptors (Lipinski definition) is 2. The van der Waals surface area contributed by atoms with Crippen molar-refractivity contribution in [1.82, 2.24) is 4.90 Å². The zero-order chi connectivity index (χ0) is 20.3. The summed E-state index contributed by atoms with van der Waals surface area (Å²) in [6.07, 6.45) is 0. The molecule has 2 heteroatoms. The van der Waals surface area contributed by atoms with Crippen molar-refractivity contribution in [2.24, 2.45) is 0 Å². The average molecular weight is 389 g/mol. The lowest BCUT2D eigenvalue weighted by molar-refractivity contribution is 0.0970. The largest absolute Gasteiger partial charge is 0.292 e. The standard InChI is InChI=1S/C28H23NO/c30-28(24-19-11-4-12-20-24)27-26(23-17-9-3-10-18-23)29(27)25(21-13-5-1-6-14-21)22-15-7-2-8-16-22/h1-20,25-27H. The molecule has 1 aliphatic rings. The molecule has 1 saturated heterocycles. The van der Waals surface area contributed by atoms with E-state index in [1.165, 1.54) is 16.7 Å². The summed E-state index contributed by atoms with van der Waals surface area (Å²) in [5, 5.41) is 0. The fraction of sp³-hybridized carbons (Fsp3) is 0.107. The second-order valence-corrected chi connectivity index (χ2v) is 7.70. The van der Waals surface area contributed by atoms with Gasteiger partial charge in [-0.05, 0) is 16.7 Å². The number of Topliss-reactive ketones (excluding diaryl/α,β-unsaturated/α-hetero) is 1. The van der Waals surface area contributed by atoms with Crippen molar-refractivity contribution in [1.29, 1.82) is 0 Å².